The van der Waals surface area contributed by atoms with Gasteiger partial charge in [0.25, 0.3) is 0 Å². The van der Waals surface area contributed by atoms with Gasteiger partial charge in [0.05, 0.1) is 7.11 Å². The Morgan fingerprint density at radius 1 is 1.10 bits per heavy atom. The number of fused-ring (bicyclic) bond motifs is 3. The van der Waals surface area contributed by atoms with Gasteiger partial charge in [-0.05, 0) is 22.3 Å². The Bertz CT molecular complexity index is 861. The van der Waals surface area contributed by atoms with Gasteiger partial charge in [-0.2, -0.15) is 12.6 Å². The fourth-order valence-electron chi connectivity index (χ4n) is 3.10. The topological polar surface area (TPSA) is 102 Å². The number of amides is 1. The molecule has 2 N–H and O–H groups in total. The van der Waals surface area contributed by atoms with Crippen molar-refractivity contribution in [3.63, 3.8) is 0 Å². The summed E-state index contributed by atoms with van der Waals surface area (Å²) in [7, 11) is 1.26. The first-order chi connectivity index (χ1) is 14.4. The van der Waals surface area contributed by atoms with E-state index in [-0.39, 0.29) is 23.6 Å². The van der Waals surface area contributed by atoms with Crippen LogP contribution in [0.15, 0.2) is 48.5 Å². The second-order valence-electron chi connectivity index (χ2n) is 6.26. The van der Waals surface area contributed by atoms with Crippen molar-refractivity contribution in [1.29, 1.82) is 0 Å². The smallest absolute Gasteiger partial charge is 0.407 e. The molecule has 0 bridgehead atoms. The number of esters is 1. The van der Waals surface area contributed by atoms with Crippen LogP contribution in [0.3, 0.4) is 0 Å². The number of thiol groups is 1. The number of alkyl carbamates (subject to hydrolysis) is 1. The molecular formula is C21H22BrNO6S. The Kier molecular flexibility index (Phi) is 9.19. The van der Waals surface area contributed by atoms with Crippen LogP contribution in [0.25, 0.3) is 11.1 Å². The van der Waals surface area contributed by atoms with Gasteiger partial charge in [-0.25, -0.2) is 9.59 Å². The predicted molar refractivity (Wildman–Crippen MR) is 119 cm³/mol. The van der Waals surface area contributed by atoms with E-state index in [0.717, 1.165) is 22.3 Å². The summed E-state index contributed by atoms with van der Waals surface area (Å²) >= 11 is 6.76. The summed E-state index contributed by atoms with van der Waals surface area (Å²) in [6.45, 7) is 0.195. The molecule has 0 heterocycles. The molecule has 3 rings (SSSR count). The van der Waals surface area contributed by atoms with E-state index in [4.69, 9.17) is 9.84 Å². The van der Waals surface area contributed by atoms with Crippen LogP contribution in [-0.2, 0) is 19.1 Å². The molecule has 1 aliphatic carbocycles. The van der Waals surface area contributed by atoms with Gasteiger partial charge in [-0.15, -0.1) is 0 Å². The first kappa shape index (κ1) is 23.8. The lowest BCUT2D eigenvalue weighted by Crippen LogP contribution is -2.43. The minimum atomic E-state index is -0.830. The van der Waals surface area contributed by atoms with Gasteiger partial charge in [0.1, 0.15) is 18.0 Å². The van der Waals surface area contributed by atoms with Gasteiger partial charge in [0, 0.05) is 11.7 Å². The molecule has 0 aromatic heterocycles. The molecule has 1 atom stereocenters. The molecule has 0 saturated carbocycles. The minimum Gasteiger partial charge on any atom is -0.481 e. The quantitative estimate of drug-likeness (QED) is 0.322. The number of benzene rings is 2. The third kappa shape index (κ3) is 5.99. The van der Waals surface area contributed by atoms with Gasteiger partial charge >= 0.3 is 18.0 Å². The predicted octanol–water partition coefficient (Wildman–Crippen LogP) is 3.46. The standard InChI is InChI=1S/C19H19NO4S.C2H3BrO2/c1-23-18(21)17(11-25)20-19(22)24-10-16-14-8-4-2-6-12(14)13-7-3-5-9-15(13)16;3-1-2(4)5/h2-9,16-17,25H,10-11H2,1H3,(H,20,22);1H2,(H,4,5). The maximum Gasteiger partial charge on any atom is 0.407 e. The number of nitrogens with one attached hydrogen (secondary N) is 1. The number of halogens is 1. The summed E-state index contributed by atoms with van der Waals surface area (Å²) in [4.78, 5) is 32.9. The Balaban J connectivity index is 0.000000575. The molecule has 160 valence electrons. The van der Waals surface area contributed by atoms with Crippen molar-refractivity contribution in [3.05, 3.63) is 59.7 Å². The second kappa shape index (κ2) is 11.6. The number of hydrogen-bond acceptors (Lipinski definition) is 6. The van der Waals surface area contributed by atoms with Crippen molar-refractivity contribution >= 4 is 46.6 Å². The lowest BCUT2D eigenvalue weighted by Gasteiger charge is -2.17. The van der Waals surface area contributed by atoms with Crippen molar-refractivity contribution < 1.29 is 29.0 Å². The number of methoxy groups -OCH3 is 1. The van der Waals surface area contributed by atoms with E-state index in [1.165, 1.54) is 7.11 Å². The number of ether oxygens (including phenoxy) is 2. The normalized spacial score (nSPS) is 12.5. The molecule has 1 amide bonds. The summed E-state index contributed by atoms with van der Waals surface area (Å²) in [5.41, 5.74) is 4.59. The van der Waals surface area contributed by atoms with Crippen molar-refractivity contribution in [3.8, 4) is 11.1 Å². The van der Waals surface area contributed by atoms with Crippen LogP contribution in [0.2, 0.25) is 0 Å². The van der Waals surface area contributed by atoms with Gasteiger partial charge in [-0.1, -0.05) is 64.5 Å². The minimum absolute atomic E-state index is 0.0225. The lowest BCUT2D eigenvalue weighted by atomic mass is 9.98. The number of carboxylic acid groups (broad SMARTS) is 1. The lowest BCUT2D eigenvalue weighted by molar-refractivity contribution is -0.142. The SMILES string of the molecule is COC(=O)C(CS)NC(=O)OCC1c2ccccc2-c2ccccc21.O=C(O)CBr. The number of carboxylic acids is 1. The molecule has 1 unspecified atom stereocenters. The van der Waals surface area contributed by atoms with Gasteiger partial charge < -0.3 is 19.9 Å². The average Bonchev–Trinajstić information content (AvgIpc) is 3.09. The van der Waals surface area contributed by atoms with E-state index in [2.05, 4.69) is 50.7 Å². The molecule has 0 fully saturated rings. The van der Waals surface area contributed by atoms with Crippen LogP contribution in [0.5, 0.6) is 0 Å². The van der Waals surface area contributed by atoms with Crippen molar-refractivity contribution in [1.82, 2.24) is 5.32 Å². The molecule has 2 aromatic rings. The zero-order chi connectivity index (χ0) is 22.1. The third-order valence-electron chi connectivity index (χ3n) is 4.42. The fraction of sp³-hybridized carbons (Fsp3) is 0.286. The number of carbonyl (C=O) groups is 3. The highest BCUT2D eigenvalue weighted by molar-refractivity contribution is 9.09. The van der Waals surface area contributed by atoms with Crippen LogP contribution >= 0.6 is 28.6 Å². The number of carbonyl (C=O) groups excluding carboxylic acids is 2. The van der Waals surface area contributed by atoms with Crippen LogP contribution < -0.4 is 5.32 Å². The van der Waals surface area contributed by atoms with E-state index in [1.54, 1.807) is 0 Å². The molecule has 1 aliphatic rings. The molecule has 30 heavy (non-hydrogen) atoms. The molecule has 0 spiro atoms. The van der Waals surface area contributed by atoms with Crippen molar-refractivity contribution in [2.45, 2.75) is 12.0 Å². The van der Waals surface area contributed by atoms with Crippen LogP contribution in [0.1, 0.15) is 17.0 Å². The molecule has 9 heteroatoms. The second-order valence-corrected chi connectivity index (χ2v) is 7.18. The fourth-order valence-corrected chi connectivity index (χ4v) is 3.34. The van der Waals surface area contributed by atoms with E-state index in [0.29, 0.717) is 0 Å². The summed E-state index contributed by atoms with van der Waals surface area (Å²) < 4.78 is 9.99. The summed E-state index contributed by atoms with van der Waals surface area (Å²) in [6, 6.07) is 15.4. The molecule has 7 nitrogen and oxygen atoms in total. The van der Waals surface area contributed by atoms with E-state index in [1.807, 2.05) is 36.4 Å². The Labute approximate surface area is 188 Å². The number of alkyl halides is 1. The van der Waals surface area contributed by atoms with E-state index in [9.17, 15) is 14.4 Å². The molecule has 0 aliphatic heterocycles. The van der Waals surface area contributed by atoms with E-state index < -0.39 is 24.1 Å². The van der Waals surface area contributed by atoms with Crippen molar-refractivity contribution in [2.75, 3.05) is 24.8 Å². The van der Waals surface area contributed by atoms with Crippen molar-refractivity contribution in [2.24, 2.45) is 0 Å². The van der Waals surface area contributed by atoms with Crippen LogP contribution in [0.4, 0.5) is 4.79 Å². The molecular weight excluding hydrogens is 474 g/mol. The zero-order valence-electron chi connectivity index (χ0n) is 16.2. The van der Waals surface area contributed by atoms with E-state index >= 15 is 0 Å². The van der Waals surface area contributed by atoms with Gasteiger partial charge in [0.2, 0.25) is 0 Å². The highest BCUT2D eigenvalue weighted by Crippen LogP contribution is 2.44. The first-order valence-electron chi connectivity index (χ1n) is 9.00. The van der Waals surface area contributed by atoms with Crippen LogP contribution in [0, 0.1) is 0 Å². The maximum atomic E-state index is 12.0. The monoisotopic (exact) mass is 495 g/mol. The van der Waals surface area contributed by atoms with Gasteiger partial charge in [0.15, 0.2) is 0 Å². The maximum absolute atomic E-state index is 12.0. The zero-order valence-corrected chi connectivity index (χ0v) is 18.7. The number of aliphatic carboxylic acids is 1. The molecule has 2 aromatic carbocycles. The molecule has 0 radical (unpaired) electrons. The number of rotatable bonds is 6. The Hall–Kier alpha value is -2.52. The Morgan fingerprint density at radius 3 is 2.03 bits per heavy atom. The first-order valence-corrected chi connectivity index (χ1v) is 10.8. The van der Waals surface area contributed by atoms with Crippen LogP contribution in [-0.4, -0.2) is 54.0 Å². The Morgan fingerprint density at radius 2 is 1.60 bits per heavy atom. The highest BCUT2D eigenvalue weighted by atomic mass is 79.9. The van der Waals surface area contributed by atoms with Gasteiger partial charge in [-0.3, -0.25) is 4.79 Å². The number of hydrogen-bond donors (Lipinski definition) is 3. The molecule has 0 saturated heterocycles. The largest absolute Gasteiger partial charge is 0.481 e. The highest BCUT2D eigenvalue weighted by Gasteiger charge is 2.29. The summed E-state index contributed by atoms with van der Waals surface area (Å²) in [5.74, 6) is -1.27. The summed E-state index contributed by atoms with van der Waals surface area (Å²) in [5, 5.41) is 10.2. The summed E-state index contributed by atoms with van der Waals surface area (Å²) in [6.07, 6.45) is -0.661. The third-order valence-corrected chi connectivity index (χ3v) is 5.26. The average molecular weight is 496 g/mol.